The smallest absolute Gasteiger partial charge is 0.0993 e. The molecule has 0 aromatic rings. The molecule has 6 N–H and O–H groups in total. The van der Waals surface area contributed by atoms with Crippen molar-refractivity contribution >= 4 is 7.82 Å². The third-order valence-electron chi connectivity index (χ3n) is 3.16. The van der Waals surface area contributed by atoms with Gasteiger partial charge in [0.05, 0.1) is 78.9 Å². The van der Waals surface area contributed by atoms with Crippen LogP contribution in [-0.4, -0.2) is 122 Å². The second-order valence-electron chi connectivity index (χ2n) is 6.00. The van der Waals surface area contributed by atoms with E-state index in [9.17, 15) is 0 Å². The van der Waals surface area contributed by atoms with Crippen LogP contribution in [0, 0.1) is 0 Å². The molecule has 0 aromatic heterocycles. The molecule has 0 fully saturated rings. The summed E-state index contributed by atoms with van der Waals surface area (Å²) in [7, 11) is 4.89. The van der Waals surface area contributed by atoms with Gasteiger partial charge in [-0.2, -0.15) is 7.82 Å². The molecule has 0 spiro atoms. The van der Waals surface area contributed by atoms with Gasteiger partial charge in [0.1, 0.15) is 0 Å². The van der Waals surface area contributed by atoms with Crippen LogP contribution >= 0.6 is 7.82 Å². The molecule has 0 rings (SSSR count). The Morgan fingerprint density at radius 1 is 0.469 bits per heavy atom. The number of rotatable bonds is 18. The van der Waals surface area contributed by atoms with Gasteiger partial charge < -0.3 is 63.6 Å². The summed E-state index contributed by atoms with van der Waals surface area (Å²) in [6.07, 6.45) is 0. The van der Waals surface area contributed by atoms with Crippen molar-refractivity contribution in [2.45, 2.75) is 0 Å². The Morgan fingerprint density at radius 3 is 0.688 bits per heavy atom. The van der Waals surface area contributed by atoms with E-state index in [0.717, 1.165) is 78.9 Å². The van der Waals surface area contributed by atoms with Gasteiger partial charge in [-0.05, 0) is 0 Å². The van der Waals surface area contributed by atoms with Crippen LogP contribution in [-0.2, 0) is 33.0 Å². The minimum Gasteiger partial charge on any atom is -0.822 e. The number of methoxy groups -OCH3 is 6. The van der Waals surface area contributed by atoms with Gasteiger partial charge in [-0.1, -0.05) is 0 Å². The van der Waals surface area contributed by atoms with E-state index in [4.69, 9.17) is 47.7 Å². The first-order valence-corrected chi connectivity index (χ1v) is 11.8. The fraction of sp³-hybridized carbons (Fsp3) is 1.00. The lowest BCUT2D eigenvalue weighted by molar-refractivity contribution is -0.657. The van der Waals surface area contributed by atoms with Crippen LogP contribution in [0.25, 0.3) is 0 Å². The molecule has 0 aromatic carbocycles. The number of phosphoric acid groups is 1. The standard InChI is InChI=1S/3C6H15NO2.H3O4P/c3*1-8-5-3-7-4-6-9-2;1-5(2,3)4/h3*7H,3-6H2,1-2H3;(H3,1,2,3,4). The zero-order valence-corrected chi connectivity index (χ0v) is 21.6. The van der Waals surface area contributed by atoms with Crippen molar-refractivity contribution in [3.05, 3.63) is 0 Å². The molecular formula is C18H48N3O10P. The van der Waals surface area contributed by atoms with Crippen molar-refractivity contribution in [1.82, 2.24) is 0 Å². The van der Waals surface area contributed by atoms with Gasteiger partial charge in [-0.25, -0.2) is 0 Å². The number of hydrogen-bond donors (Lipinski definition) is 3. The Morgan fingerprint density at radius 2 is 0.594 bits per heavy atom. The van der Waals surface area contributed by atoms with E-state index >= 15 is 0 Å². The molecule has 0 unspecified atom stereocenters. The lowest BCUT2D eigenvalue weighted by Crippen LogP contribution is -2.86. The molecule has 13 nitrogen and oxygen atoms in total. The van der Waals surface area contributed by atoms with Crippen molar-refractivity contribution in [3.63, 3.8) is 0 Å². The normalized spacial score (nSPS) is 10.3. The molecule has 0 aliphatic carbocycles. The molecule has 0 saturated carbocycles. The van der Waals surface area contributed by atoms with Crippen LogP contribution in [0.4, 0.5) is 0 Å². The van der Waals surface area contributed by atoms with Crippen LogP contribution in [0.15, 0.2) is 0 Å². The summed E-state index contributed by atoms with van der Waals surface area (Å²) < 4.78 is 37.6. The maximum atomic E-state index is 8.55. The summed E-state index contributed by atoms with van der Waals surface area (Å²) in [6, 6.07) is 0. The molecular weight excluding hydrogens is 449 g/mol. The molecule has 0 aliphatic rings. The third-order valence-corrected chi connectivity index (χ3v) is 3.16. The predicted molar refractivity (Wildman–Crippen MR) is 114 cm³/mol. The number of nitrogens with two attached hydrogens (primary N) is 3. The van der Waals surface area contributed by atoms with E-state index in [0.29, 0.717) is 0 Å². The summed E-state index contributed by atoms with van der Waals surface area (Å²) in [6.45, 7) is 11.1. The lowest BCUT2D eigenvalue weighted by Gasteiger charge is -2.36. The van der Waals surface area contributed by atoms with Gasteiger partial charge in [-0.3, -0.25) is 0 Å². The SMILES string of the molecule is COCC[NH2+]CCOC.COCC[NH2+]CCOC.COCC[NH2+]CCOC.O=P([O-])([O-])[O-]. The maximum Gasteiger partial charge on any atom is 0.0993 e. The minimum absolute atomic E-state index is 0.823. The van der Waals surface area contributed by atoms with Crippen LogP contribution < -0.4 is 30.6 Å². The van der Waals surface area contributed by atoms with Crippen LogP contribution in [0.3, 0.4) is 0 Å². The Labute approximate surface area is 193 Å². The van der Waals surface area contributed by atoms with Crippen LogP contribution in [0.2, 0.25) is 0 Å². The maximum absolute atomic E-state index is 8.55. The average Bonchev–Trinajstić information content (AvgIpc) is 2.73. The fourth-order valence-corrected chi connectivity index (χ4v) is 1.64. The average molecular weight is 498 g/mol. The first-order chi connectivity index (χ1) is 15.2. The van der Waals surface area contributed by atoms with E-state index in [1.807, 2.05) is 0 Å². The van der Waals surface area contributed by atoms with Crippen molar-refractivity contribution in [3.8, 4) is 0 Å². The monoisotopic (exact) mass is 497 g/mol. The summed E-state index contributed by atoms with van der Waals surface area (Å²) in [5.41, 5.74) is 0. The number of hydrogen-bond acceptors (Lipinski definition) is 10. The summed E-state index contributed by atoms with van der Waals surface area (Å²) in [5, 5.41) is 6.52. The van der Waals surface area contributed by atoms with Gasteiger partial charge in [-0.15, -0.1) is 0 Å². The largest absolute Gasteiger partial charge is 0.822 e. The lowest BCUT2D eigenvalue weighted by atomic mass is 10.6. The van der Waals surface area contributed by atoms with Gasteiger partial charge in [0.15, 0.2) is 0 Å². The predicted octanol–water partition coefficient (Wildman–Crippen LogP) is -6.30. The molecule has 14 heteroatoms. The molecule has 0 atom stereocenters. The Bertz CT molecular complexity index is 283. The van der Waals surface area contributed by atoms with Crippen molar-refractivity contribution in [1.29, 1.82) is 0 Å². The summed E-state index contributed by atoms with van der Waals surface area (Å²) in [5.74, 6) is 0. The summed E-state index contributed by atoms with van der Waals surface area (Å²) >= 11 is 0. The van der Waals surface area contributed by atoms with Gasteiger partial charge in [0, 0.05) is 42.7 Å². The molecule has 0 saturated heterocycles. The first kappa shape index (κ1) is 39.0. The molecule has 0 amide bonds. The highest BCUT2D eigenvalue weighted by atomic mass is 31.2. The molecule has 0 radical (unpaired) electrons. The van der Waals surface area contributed by atoms with Gasteiger partial charge in [0.25, 0.3) is 0 Å². The van der Waals surface area contributed by atoms with Gasteiger partial charge in [0.2, 0.25) is 0 Å². The Kier molecular flexibility index (Phi) is 46.3. The third kappa shape index (κ3) is 78.0. The zero-order chi connectivity index (χ0) is 25.3. The molecule has 200 valence electrons. The molecule has 0 bridgehead atoms. The second-order valence-corrected chi connectivity index (χ2v) is 6.90. The first-order valence-electron chi connectivity index (χ1n) is 10.4. The highest BCUT2D eigenvalue weighted by Gasteiger charge is 1.88. The van der Waals surface area contributed by atoms with Gasteiger partial charge >= 0.3 is 0 Å². The highest BCUT2D eigenvalue weighted by molar-refractivity contribution is 7.40. The number of quaternary nitrogens is 3. The fourth-order valence-electron chi connectivity index (χ4n) is 1.64. The van der Waals surface area contributed by atoms with Crippen molar-refractivity contribution in [2.75, 3.05) is 122 Å². The zero-order valence-electron chi connectivity index (χ0n) is 20.7. The molecule has 32 heavy (non-hydrogen) atoms. The summed E-state index contributed by atoms with van der Waals surface area (Å²) in [4.78, 5) is 25.6. The number of ether oxygens (including phenoxy) is 6. The quantitative estimate of drug-likeness (QED) is 0.121. The topological polar surface area (TPSA) is 191 Å². The minimum atomic E-state index is -5.39. The van der Waals surface area contributed by atoms with Crippen LogP contribution in [0.1, 0.15) is 0 Å². The van der Waals surface area contributed by atoms with Crippen molar-refractivity contribution < 1.29 is 63.6 Å². The van der Waals surface area contributed by atoms with E-state index in [-0.39, 0.29) is 0 Å². The van der Waals surface area contributed by atoms with Crippen molar-refractivity contribution in [2.24, 2.45) is 0 Å². The second kappa shape index (κ2) is 38.0. The molecule has 0 aliphatic heterocycles. The van der Waals surface area contributed by atoms with Crippen LogP contribution in [0.5, 0.6) is 0 Å². The Balaban J connectivity index is -0.000000167. The van der Waals surface area contributed by atoms with E-state index in [2.05, 4.69) is 16.0 Å². The van der Waals surface area contributed by atoms with E-state index in [1.165, 1.54) is 0 Å². The van der Waals surface area contributed by atoms with E-state index in [1.54, 1.807) is 42.7 Å². The van der Waals surface area contributed by atoms with E-state index < -0.39 is 7.82 Å². The highest BCUT2D eigenvalue weighted by Crippen LogP contribution is 2.03. The Hall–Kier alpha value is -0.250. The molecule has 0 heterocycles.